The average molecular weight is 410 g/mol. The highest BCUT2D eigenvalue weighted by atomic mass is 32.1. The van der Waals surface area contributed by atoms with Crippen molar-refractivity contribution in [1.82, 2.24) is 4.98 Å². The van der Waals surface area contributed by atoms with Gasteiger partial charge in [0.2, 0.25) is 0 Å². The molecule has 4 rings (SSSR count). The summed E-state index contributed by atoms with van der Waals surface area (Å²) in [7, 11) is 3.03. The molecule has 0 bridgehead atoms. The predicted octanol–water partition coefficient (Wildman–Crippen LogP) is 3.44. The average Bonchev–Trinajstić information content (AvgIpc) is 3.29. The molecule has 3 aromatic rings. The van der Waals surface area contributed by atoms with Crippen LogP contribution in [0, 0.1) is 0 Å². The van der Waals surface area contributed by atoms with Crippen LogP contribution in [0.4, 0.5) is 5.69 Å². The van der Waals surface area contributed by atoms with Gasteiger partial charge in [-0.05, 0) is 30.3 Å². The third kappa shape index (κ3) is 3.66. The van der Waals surface area contributed by atoms with E-state index in [1.807, 2.05) is 17.5 Å². The standard InChI is InChI=1S/C21H18N2O5S/c1-26-14-4-5-15(20(8-14)27-2)18(24)9-23-17-7-13(16-11-29-12-22-16)3-6-19(17)28-10-21(23)25/h3-8,11-12H,9-10H2,1-2H3. The van der Waals surface area contributed by atoms with Crippen LogP contribution in [0.1, 0.15) is 10.4 Å². The second-order valence-electron chi connectivity index (χ2n) is 6.31. The fourth-order valence-electron chi connectivity index (χ4n) is 3.15. The molecule has 1 aliphatic rings. The summed E-state index contributed by atoms with van der Waals surface area (Å²) < 4.78 is 16.0. The van der Waals surface area contributed by atoms with Gasteiger partial charge in [0.15, 0.2) is 12.4 Å². The third-order valence-electron chi connectivity index (χ3n) is 4.64. The number of aromatic nitrogens is 1. The first-order chi connectivity index (χ1) is 14.1. The Labute approximate surface area is 171 Å². The van der Waals surface area contributed by atoms with Gasteiger partial charge in [-0.15, -0.1) is 11.3 Å². The van der Waals surface area contributed by atoms with E-state index in [1.54, 1.807) is 36.9 Å². The Balaban J connectivity index is 1.67. The van der Waals surface area contributed by atoms with E-state index in [0.717, 1.165) is 11.3 Å². The molecule has 2 heterocycles. The lowest BCUT2D eigenvalue weighted by atomic mass is 10.1. The molecule has 8 heteroatoms. The molecule has 0 radical (unpaired) electrons. The fourth-order valence-corrected chi connectivity index (χ4v) is 3.71. The molecule has 7 nitrogen and oxygen atoms in total. The van der Waals surface area contributed by atoms with E-state index in [1.165, 1.54) is 23.3 Å². The Hall–Kier alpha value is -3.39. The number of ether oxygens (including phenoxy) is 3. The topological polar surface area (TPSA) is 78.0 Å². The number of amides is 1. The van der Waals surface area contributed by atoms with Crippen LogP contribution in [0.25, 0.3) is 11.3 Å². The minimum Gasteiger partial charge on any atom is -0.497 e. The number of rotatable bonds is 6. The monoisotopic (exact) mass is 410 g/mol. The van der Waals surface area contributed by atoms with Crippen molar-refractivity contribution in [3.8, 4) is 28.5 Å². The lowest BCUT2D eigenvalue weighted by Gasteiger charge is -2.29. The van der Waals surface area contributed by atoms with E-state index in [9.17, 15) is 9.59 Å². The zero-order chi connectivity index (χ0) is 20.4. The first-order valence-electron chi connectivity index (χ1n) is 8.81. The molecular formula is C21H18N2O5S. The molecule has 0 saturated heterocycles. The van der Waals surface area contributed by atoms with Crippen LogP contribution in [-0.2, 0) is 4.79 Å². The largest absolute Gasteiger partial charge is 0.497 e. The molecule has 148 valence electrons. The van der Waals surface area contributed by atoms with Crippen molar-refractivity contribution in [2.24, 2.45) is 0 Å². The molecule has 1 aromatic heterocycles. The minimum absolute atomic E-state index is 0.115. The van der Waals surface area contributed by atoms with Crippen LogP contribution >= 0.6 is 11.3 Å². The minimum atomic E-state index is -0.284. The Morgan fingerprint density at radius 1 is 1.21 bits per heavy atom. The third-order valence-corrected chi connectivity index (χ3v) is 5.23. The Morgan fingerprint density at radius 3 is 2.79 bits per heavy atom. The summed E-state index contributed by atoms with van der Waals surface area (Å²) in [6.07, 6.45) is 0. The van der Waals surface area contributed by atoms with Gasteiger partial charge in [-0.2, -0.15) is 0 Å². The smallest absolute Gasteiger partial charge is 0.265 e. The fraction of sp³-hybridized carbons (Fsp3) is 0.190. The molecule has 0 fully saturated rings. The maximum atomic E-state index is 13.0. The molecule has 0 spiro atoms. The molecule has 0 atom stereocenters. The van der Waals surface area contributed by atoms with Crippen molar-refractivity contribution in [2.75, 3.05) is 32.3 Å². The van der Waals surface area contributed by atoms with Crippen LogP contribution in [0.15, 0.2) is 47.3 Å². The van der Waals surface area contributed by atoms with Gasteiger partial charge in [0.1, 0.15) is 17.2 Å². The number of methoxy groups -OCH3 is 2. The number of benzene rings is 2. The lowest BCUT2D eigenvalue weighted by molar-refractivity contribution is -0.121. The summed E-state index contributed by atoms with van der Waals surface area (Å²) in [6.45, 7) is -0.242. The van der Waals surface area contributed by atoms with Crippen molar-refractivity contribution < 1.29 is 23.8 Å². The Kier molecular flexibility index (Phi) is 5.18. The highest BCUT2D eigenvalue weighted by molar-refractivity contribution is 7.07. The molecule has 0 N–H and O–H groups in total. The quantitative estimate of drug-likeness (QED) is 0.580. The number of nitrogens with zero attached hydrogens (tertiary/aromatic N) is 2. The number of fused-ring (bicyclic) bond motifs is 1. The summed E-state index contributed by atoms with van der Waals surface area (Å²) in [5.74, 6) is 1.00. The van der Waals surface area contributed by atoms with Gasteiger partial charge in [-0.25, -0.2) is 4.98 Å². The van der Waals surface area contributed by atoms with Crippen LogP contribution < -0.4 is 19.1 Å². The van der Waals surface area contributed by atoms with Crippen molar-refractivity contribution in [1.29, 1.82) is 0 Å². The summed E-state index contributed by atoms with van der Waals surface area (Å²) in [5.41, 5.74) is 4.33. The molecule has 0 saturated carbocycles. The maximum absolute atomic E-state index is 13.0. The summed E-state index contributed by atoms with van der Waals surface area (Å²) in [6, 6.07) is 10.5. The van der Waals surface area contributed by atoms with Crippen LogP contribution in [-0.4, -0.2) is 44.0 Å². The molecule has 1 aliphatic heterocycles. The number of hydrogen-bond donors (Lipinski definition) is 0. The maximum Gasteiger partial charge on any atom is 0.265 e. The van der Waals surface area contributed by atoms with E-state index < -0.39 is 0 Å². The highest BCUT2D eigenvalue weighted by Crippen LogP contribution is 2.36. The van der Waals surface area contributed by atoms with E-state index >= 15 is 0 Å². The zero-order valence-corrected chi connectivity index (χ0v) is 16.7. The first kappa shape index (κ1) is 18.9. The molecular weight excluding hydrogens is 392 g/mol. The number of Topliss-reactive ketones (excluding diaryl/α,β-unsaturated/α-hetero) is 1. The second-order valence-corrected chi connectivity index (χ2v) is 7.03. The second kappa shape index (κ2) is 7.92. The number of ketones is 1. The van der Waals surface area contributed by atoms with Gasteiger partial charge in [0, 0.05) is 17.0 Å². The van der Waals surface area contributed by atoms with Gasteiger partial charge in [-0.1, -0.05) is 0 Å². The summed E-state index contributed by atoms with van der Waals surface area (Å²) in [5, 5.41) is 1.92. The zero-order valence-electron chi connectivity index (χ0n) is 15.9. The lowest BCUT2D eigenvalue weighted by Crippen LogP contribution is -2.42. The molecule has 0 aliphatic carbocycles. The van der Waals surface area contributed by atoms with Gasteiger partial charge >= 0.3 is 0 Å². The van der Waals surface area contributed by atoms with Crippen LogP contribution in [0.3, 0.4) is 0 Å². The highest BCUT2D eigenvalue weighted by Gasteiger charge is 2.29. The molecule has 1 amide bonds. The van der Waals surface area contributed by atoms with E-state index in [2.05, 4.69) is 4.98 Å². The number of carbonyl (C=O) groups excluding carboxylic acids is 2. The number of thiazole rings is 1. The Bertz CT molecular complexity index is 1060. The van der Waals surface area contributed by atoms with Crippen LogP contribution in [0.2, 0.25) is 0 Å². The molecule has 2 aromatic carbocycles. The van der Waals surface area contributed by atoms with Gasteiger partial charge < -0.3 is 14.2 Å². The number of carbonyl (C=O) groups is 2. The Morgan fingerprint density at radius 2 is 2.07 bits per heavy atom. The van der Waals surface area contributed by atoms with Gasteiger partial charge in [0.05, 0.1) is 43.2 Å². The van der Waals surface area contributed by atoms with E-state index in [-0.39, 0.29) is 24.8 Å². The van der Waals surface area contributed by atoms with Crippen molar-refractivity contribution in [2.45, 2.75) is 0 Å². The van der Waals surface area contributed by atoms with E-state index in [0.29, 0.717) is 28.5 Å². The summed E-state index contributed by atoms with van der Waals surface area (Å²) in [4.78, 5) is 31.3. The van der Waals surface area contributed by atoms with Gasteiger partial charge in [0.25, 0.3) is 5.91 Å². The normalized spacial score (nSPS) is 12.9. The number of anilines is 1. The first-order valence-corrected chi connectivity index (χ1v) is 9.76. The predicted molar refractivity (Wildman–Crippen MR) is 109 cm³/mol. The van der Waals surface area contributed by atoms with Crippen LogP contribution in [0.5, 0.6) is 17.2 Å². The molecule has 29 heavy (non-hydrogen) atoms. The summed E-state index contributed by atoms with van der Waals surface area (Å²) >= 11 is 1.49. The van der Waals surface area contributed by atoms with E-state index in [4.69, 9.17) is 14.2 Å². The SMILES string of the molecule is COc1ccc(C(=O)CN2C(=O)COc3ccc(-c4cscn4)cc32)c(OC)c1. The molecule has 0 unspecified atom stereocenters. The van der Waals surface area contributed by atoms with Crippen molar-refractivity contribution in [3.63, 3.8) is 0 Å². The van der Waals surface area contributed by atoms with Crippen molar-refractivity contribution >= 4 is 28.7 Å². The van der Waals surface area contributed by atoms with Gasteiger partial charge in [-0.3, -0.25) is 14.5 Å². The van der Waals surface area contributed by atoms with Crippen molar-refractivity contribution in [3.05, 3.63) is 52.9 Å². The number of hydrogen-bond acceptors (Lipinski definition) is 7.